The van der Waals surface area contributed by atoms with Crippen LogP contribution in [-0.2, 0) is 9.59 Å². The van der Waals surface area contributed by atoms with E-state index in [-0.39, 0.29) is 23.9 Å². The number of nitrogens with zero attached hydrogens (tertiary/aromatic N) is 1. The van der Waals surface area contributed by atoms with E-state index < -0.39 is 0 Å². The first-order chi connectivity index (χ1) is 9.08. The summed E-state index contributed by atoms with van der Waals surface area (Å²) >= 11 is 5.70. The number of amides is 2. The Morgan fingerprint density at radius 3 is 2.68 bits per heavy atom. The van der Waals surface area contributed by atoms with E-state index in [0.29, 0.717) is 18.9 Å². The molecule has 0 aromatic rings. The highest BCUT2D eigenvalue weighted by atomic mass is 35.5. The summed E-state index contributed by atoms with van der Waals surface area (Å²) in [6, 6.07) is -0.664. The van der Waals surface area contributed by atoms with Gasteiger partial charge in [-0.25, -0.2) is 0 Å². The van der Waals surface area contributed by atoms with Gasteiger partial charge in [-0.1, -0.05) is 24.9 Å². The van der Waals surface area contributed by atoms with Crippen molar-refractivity contribution in [1.29, 1.82) is 0 Å². The molecule has 0 aromatic carbocycles. The van der Waals surface area contributed by atoms with Gasteiger partial charge in [0.1, 0.15) is 12.1 Å². The van der Waals surface area contributed by atoms with Crippen LogP contribution in [0.3, 0.4) is 0 Å². The van der Waals surface area contributed by atoms with Crippen molar-refractivity contribution < 1.29 is 9.59 Å². The Morgan fingerprint density at radius 2 is 2.16 bits per heavy atom. The van der Waals surface area contributed by atoms with Crippen LogP contribution in [0.1, 0.15) is 39.5 Å². The molecule has 2 unspecified atom stereocenters. The van der Waals surface area contributed by atoms with Crippen molar-refractivity contribution in [3.63, 3.8) is 0 Å². The molecule has 0 radical (unpaired) electrons. The minimum absolute atomic E-state index is 0.00271. The molecule has 2 atom stereocenters. The molecule has 19 heavy (non-hydrogen) atoms. The average Bonchev–Trinajstić information content (AvgIpc) is 3.19. The third-order valence-corrected chi connectivity index (χ3v) is 4.13. The van der Waals surface area contributed by atoms with E-state index in [4.69, 9.17) is 11.6 Å². The summed E-state index contributed by atoms with van der Waals surface area (Å²) in [4.78, 5) is 26.5. The molecule has 2 fully saturated rings. The molecule has 5 heteroatoms. The molecule has 2 amide bonds. The molecule has 1 aliphatic heterocycles. The van der Waals surface area contributed by atoms with Crippen molar-refractivity contribution >= 4 is 23.4 Å². The van der Waals surface area contributed by atoms with Gasteiger partial charge in [0.2, 0.25) is 11.8 Å². The Balaban J connectivity index is 2.19. The topological polar surface area (TPSA) is 49.4 Å². The van der Waals surface area contributed by atoms with Crippen molar-refractivity contribution in [2.75, 3.05) is 6.54 Å². The first-order valence-corrected chi connectivity index (χ1v) is 7.38. The number of nitrogens with one attached hydrogen (secondary N) is 1. The zero-order valence-electron chi connectivity index (χ0n) is 11.5. The fraction of sp³-hybridized carbons (Fsp3) is 0.714. The monoisotopic (exact) mass is 284 g/mol. The Labute approximate surface area is 119 Å². The third kappa shape index (κ3) is 3.11. The van der Waals surface area contributed by atoms with Crippen LogP contribution in [0.4, 0.5) is 0 Å². The van der Waals surface area contributed by atoms with E-state index in [0.717, 1.165) is 24.8 Å². The van der Waals surface area contributed by atoms with Crippen molar-refractivity contribution in [2.24, 2.45) is 5.92 Å². The lowest BCUT2D eigenvalue weighted by Crippen LogP contribution is -2.64. The lowest BCUT2D eigenvalue weighted by atomic mass is 10.00. The van der Waals surface area contributed by atoms with Gasteiger partial charge >= 0.3 is 0 Å². The fourth-order valence-electron chi connectivity index (χ4n) is 2.64. The van der Waals surface area contributed by atoms with Gasteiger partial charge in [-0.3, -0.25) is 9.59 Å². The van der Waals surface area contributed by atoms with Gasteiger partial charge in [-0.05, 0) is 37.7 Å². The number of halogens is 1. The molecular formula is C14H21ClN2O2. The summed E-state index contributed by atoms with van der Waals surface area (Å²) in [5, 5.41) is 2.88. The molecule has 2 rings (SSSR count). The third-order valence-electron chi connectivity index (χ3n) is 3.75. The van der Waals surface area contributed by atoms with Gasteiger partial charge in [0, 0.05) is 12.1 Å². The Bertz CT molecular complexity index is 404. The Kier molecular flexibility index (Phi) is 4.50. The molecule has 1 saturated heterocycles. The van der Waals surface area contributed by atoms with Crippen LogP contribution in [0, 0.1) is 5.92 Å². The normalized spacial score (nSPS) is 28.6. The smallest absolute Gasteiger partial charge is 0.246 e. The molecule has 1 saturated carbocycles. The highest BCUT2D eigenvalue weighted by molar-refractivity contribution is 6.25. The van der Waals surface area contributed by atoms with Crippen LogP contribution in [0.25, 0.3) is 0 Å². The highest BCUT2D eigenvalue weighted by Crippen LogP contribution is 2.37. The van der Waals surface area contributed by atoms with E-state index in [9.17, 15) is 9.59 Å². The molecule has 106 valence electrons. The first-order valence-electron chi connectivity index (χ1n) is 6.95. The Morgan fingerprint density at radius 1 is 1.47 bits per heavy atom. The molecular weight excluding hydrogens is 264 g/mol. The van der Waals surface area contributed by atoms with Crippen molar-refractivity contribution in [3.05, 3.63) is 11.1 Å². The maximum Gasteiger partial charge on any atom is 0.246 e. The molecule has 0 bridgehead atoms. The fourth-order valence-corrected chi connectivity index (χ4v) is 2.71. The van der Waals surface area contributed by atoms with Gasteiger partial charge in [-0.15, -0.1) is 0 Å². The van der Waals surface area contributed by atoms with E-state index in [2.05, 4.69) is 5.32 Å². The summed E-state index contributed by atoms with van der Waals surface area (Å²) in [6.07, 6.45) is 3.64. The van der Waals surface area contributed by atoms with Crippen LogP contribution in [0.2, 0.25) is 0 Å². The summed E-state index contributed by atoms with van der Waals surface area (Å²) in [6.45, 7) is 4.35. The molecule has 0 aromatic heterocycles. The number of carbonyl (C=O) groups excluding carboxylic acids is 2. The standard InChI is InChI=1S/C14H21ClN2O2/c1-3-4-11-14(19)17(8-9(2)7-15)12(10-5-6-10)13(18)16-11/h7,10-12H,3-6,8H2,1-2H3,(H,16,18). The highest BCUT2D eigenvalue weighted by Gasteiger charge is 2.47. The van der Waals surface area contributed by atoms with E-state index in [1.54, 1.807) is 4.90 Å². The summed E-state index contributed by atoms with van der Waals surface area (Å²) in [5.74, 6) is 0.369. The van der Waals surface area contributed by atoms with Crippen LogP contribution in [0.15, 0.2) is 11.1 Å². The molecule has 4 nitrogen and oxygen atoms in total. The Hall–Kier alpha value is -1.03. The minimum Gasteiger partial charge on any atom is -0.342 e. The number of piperazine rings is 1. The van der Waals surface area contributed by atoms with Gasteiger partial charge in [0.15, 0.2) is 0 Å². The van der Waals surface area contributed by atoms with Crippen LogP contribution in [0.5, 0.6) is 0 Å². The first kappa shape index (κ1) is 14.4. The number of rotatable bonds is 5. The largest absolute Gasteiger partial charge is 0.342 e. The van der Waals surface area contributed by atoms with Crippen molar-refractivity contribution in [2.45, 2.75) is 51.6 Å². The number of hydrogen-bond acceptors (Lipinski definition) is 2. The van der Waals surface area contributed by atoms with Gasteiger partial charge in [0.05, 0.1) is 0 Å². The van der Waals surface area contributed by atoms with E-state index in [1.807, 2.05) is 13.8 Å². The second kappa shape index (κ2) is 5.95. The molecule has 1 heterocycles. The van der Waals surface area contributed by atoms with Crippen LogP contribution >= 0.6 is 11.6 Å². The van der Waals surface area contributed by atoms with Gasteiger partial charge in [0.25, 0.3) is 0 Å². The lowest BCUT2D eigenvalue weighted by Gasteiger charge is -2.39. The lowest BCUT2D eigenvalue weighted by molar-refractivity contribution is -0.149. The predicted octanol–water partition coefficient (Wildman–Crippen LogP) is 2.03. The minimum atomic E-state index is -0.365. The second-order valence-corrected chi connectivity index (χ2v) is 5.77. The summed E-state index contributed by atoms with van der Waals surface area (Å²) in [5.41, 5.74) is 2.39. The zero-order valence-corrected chi connectivity index (χ0v) is 12.2. The molecule has 0 spiro atoms. The van der Waals surface area contributed by atoms with E-state index >= 15 is 0 Å². The molecule has 2 aliphatic rings. The SMILES string of the molecule is CCCC1NC(=O)C(C2CC2)N(CC(C)=CCl)C1=O. The molecule has 1 N–H and O–H groups in total. The van der Waals surface area contributed by atoms with E-state index in [1.165, 1.54) is 5.54 Å². The zero-order chi connectivity index (χ0) is 14.0. The maximum absolute atomic E-state index is 12.5. The summed E-state index contributed by atoms with van der Waals surface area (Å²) in [7, 11) is 0. The average molecular weight is 285 g/mol. The maximum atomic E-state index is 12.5. The van der Waals surface area contributed by atoms with Crippen molar-refractivity contribution in [1.82, 2.24) is 10.2 Å². The van der Waals surface area contributed by atoms with Crippen molar-refractivity contribution in [3.8, 4) is 0 Å². The van der Waals surface area contributed by atoms with Gasteiger partial charge in [-0.2, -0.15) is 0 Å². The summed E-state index contributed by atoms with van der Waals surface area (Å²) < 4.78 is 0. The van der Waals surface area contributed by atoms with Crippen LogP contribution in [-0.4, -0.2) is 35.3 Å². The quantitative estimate of drug-likeness (QED) is 0.840. The van der Waals surface area contributed by atoms with Crippen LogP contribution < -0.4 is 5.32 Å². The van der Waals surface area contributed by atoms with Gasteiger partial charge < -0.3 is 10.2 Å². The molecule has 1 aliphatic carbocycles. The predicted molar refractivity (Wildman–Crippen MR) is 74.7 cm³/mol. The second-order valence-electron chi connectivity index (χ2n) is 5.55. The number of carbonyl (C=O) groups is 2. The number of hydrogen-bond donors (Lipinski definition) is 1.